The van der Waals surface area contributed by atoms with Gasteiger partial charge in [-0.2, -0.15) is 0 Å². The molecule has 0 saturated heterocycles. The minimum absolute atomic E-state index is 0.182. The quantitative estimate of drug-likeness (QED) is 0.0211. The number of hydrogen-bond acceptors (Lipinski definition) is 7. The van der Waals surface area contributed by atoms with Crippen molar-refractivity contribution in [2.45, 2.75) is 322 Å². The van der Waals surface area contributed by atoms with Gasteiger partial charge in [-0.3, -0.25) is 9.59 Å². The fourth-order valence-corrected chi connectivity index (χ4v) is 10.3. The van der Waals surface area contributed by atoms with E-state index >= 15 is 0 Å². The molecule has 0 heterocycles. The smallest absolute Gasteiger partial charge is 0.361 e. The Morgan fingerprint density at radius 2 is 0.593 bits per heavy atom. The molecule has 0 saturated carbocycles. The number of quaternary nitrogens is 1. The second-order valence-corrected chi connectivity index (χ2v) is 25.8. The largest absolute Gasteiger partial charge is 0.477 e. The molecule has 91 heavy (non-hydrogen) atoms. The van der Waals surface area contributed by atoms with Gasteiger partial charge in [-0.15, -0.1) is 0 Å². The maximum atomic E-state index is 13.0. The molecule has 0 aliphatic carbocycles. The molecule has 0 rings (SSSR count). The summed E-state index contributed by atoms with van der Waals surface area (Å²) in [6.07, 6.45) is 100. The van der Waals surface area contributed by atoms with Crippen molar-refractivity contribution in [1.82, 2.24) is 0 Å². The van der Waals surface area contributed by atoms with Crippen LogP contribution in [0.2, 0.25) is 0 Å². The fraction of sp³-hybridized carbons (Fsp3) is 0.695. The zero-order chi connectivity index (χ0) is 66.1. The summed E-state index contributed by atoms with van der Waals surface area (Å²) >= 11 is 0. The Bertz CT molecular complexity index is 1960. The van der Waals surface area contributed by atoms with Crippen LogP contribution in [0.3, 0.4) is 0 Å². The molecule has 0 fully saturated rings. The number of nitrogens with zero attached hydrogens (tertiary/aromatic N) is 1. The molecule has 520 valence electrons. The van der Waals surface area contributed by atoms with Crippen LogP contribution < -0.4 is 0 Å². The normalized spacial score (nSPS) is 13.5. The van der Waals surface area contributed by atoms with Crippen molar-refractivity contribution in [3.63, 3.8) is 0 Å². The second-order valence-electron chi connectivity index (χ2n) is 25.8. The SMILES string of the molecule is CC/C=C\C/C=C\C/C=C\C/C=C\C/C=C\C/C=C\C/C=C\CCCCCCCCCCCC(=O)OC(COC(=O)CCCCCCCCCCCCCCCCCCCCCCCC/C=C\C/C=C\C/C=C\C/C=C\CC)COC(OCC[N+](C)(C)C)C(=O)O. The zero-order valence-electron chi connectivity index (χ0n) is 59.5. The number of carbonyl (C=O) groups excluding carboxylic acids is 2. The maximum Gasteiger partial charge on any atom is 0.361 e. The average molecular weight is 1270 g/mol. The van der Waals surface area contributed by atoms with Gasteiger partial charge < -0.3 is 28.5 Å². The number of hydrogen-bond donors (Lipinski definition) is 1. The fourth-order valence-electron chi connectivity index (χ4n) is 10.3. The first kappa shape index (κ1) is 86.4. The van der Waals surface area contributed by atoms with E-state index < -0.39 is 24.3 Å². The van der Waals surface area contributed by atoms with Gasteiger partial charge in [0.25, 0.3) is 6.29 Å². The summed E-state index contributed by atoms with van der Waals surface area (Å²) in [6.45, 7) is 4.66. The highest BCUT2D eigenvalue weighted by atomic mass is 16.7. The summed E-state index contributed by atoms with van der Waals surface area (Å²) in [6, 6.07) is 0. The molecule has 2 unspecified atom stereocenters. The summed E-state index contributed by atoms with van der Waals surface area (Å²) in [5.74, 6) is -2.01. The summed E-state index contributed by atoms with van der Waals surface area (Å²) in [4.78, 5) is 37.7. The molecular weight excluding hydrogens is 1130 g/mol. The van der Waals surface area contributed by atoms with Gasteiger partial charge in [0, 0.05) is 12.8 Å². The van der Waals surface area contributed by atoms with Crippen molar-refractivity contribution in [3.8, 4) is 0 Å². The number of carboxylic acids is 1. The van der Waals surface area contributed by atoms with Crippen LogP contribution in [0.15, 0.2) is 134 Å². The third-order valence-electron chi connectivity index (χ3n) is 15.9. The molecule has 0 aliphatic heterocycles. The first-order chi connectivity index (χ1) is 44.6. The van der Waals surface area contributed by atoms with Crippen LogP contribution in [0, 0.1) is 0 Å². The number of allylic oxidation sites excluding steroid dienone is 22. The number of esters is 2. The van der Waals surface area contributed by atoms with Gasteiger partial charge in [0.15, 0.2) is 6.10 Å². The number of carbonyl (C=O) groups is 3. The number of rotatable bonds is 68. The van der Waals surface area contributed by atoms with Crippen LogP contribution in [-0.4, -0.2) is 87.4 Å². The third-order valence-corrected chi connectivity index (χ3v) is 15.9. The summed E-state index contributed by atoms with van der Waals surface area (Å²) in [7, 11) is 5.98. The molecule has 0 radical (unpaired) electrons. The van der Waals surface area contributed by atoms with E-state index in [9.17, 15) is 19.5 Å². The average Bonchev–Trinajstić information content (AvgIpc) is 3.65. The van der Waals surface area contributed by atoms with E-state index in [0.717, 1.165) is 116 Å². The number of carboxylic acid groups (broad SMARTS) is 1. The summed E-state index contributed by atoms with van der Waals surface area (Å²) in [5, 5.41) is 9.76. The number of aliphatic carboxylic acids is 1. The Hall–Kier alpha value is -4.57. The lowest BCUT2D eigenvalue weighted by molar-refractivity contribution is -0.870. The molecule has 1 N–H and O–H groups in total. The highest BCUT2D eigenvalue weighted by Crippen LogP contribution is 2.18. The molecule has 0 aliphatic rings. The van der Waals surface area contributed by atoms with Crippen molar-refractivity contribution >= 4 is 17.9 Å². The van der Waals surface area contributed by atoms with E-state index in [0.29, 0.717) is 23.9 Å². The predicted molar refractivity (Wildman–Crippen MR) is 391 cm³/mol. The van der Waals surface area contributed by atoms with E-state index in [4.69, 9.17) is 18.9 Å². The van der Waals surface area contributed by atoms with E-state index in [2.05, 4.69) is 148 Å². The topological polar surface area (TPSA) is 108 Å². The number of ether oxygens (including phenoxy) is 4. The standard InChI is InChI=1S/C82H139NO8/c1-6-8-10-12-14-16-18-20-22-24-26-28-30-32-34-36-38-39-40-41-43-44-46-48-50-52-54-56-58-60-62-64-66-68-70-72-79(84)89-76-78(77-90-82(81(86)87)88-75-74-83(3,4)5)91-80(85)73-71-69-67-65-63-61-59-57-55-53-51-49-47-45-42-37-35-33-31-29-27-25-23-21-19-17-15-13-11-9-7-2/h8-11,14-17,20-23,26-29,33,35,42,45,49,51,78,82H,6-7,12-13,18-19,24-25,30-32,34,36-41,43-44,46-48,50,52-77H2,1-5H3/p+1/b10-8-,11-9-,16-14-,17-15-,22-20-,23-21-,28-26-,29-27-,35-33-,45-42-,51-49-. The van der Waals surface area contributed by atoms with E-state index in [1.165, 1.54) is 161 Å². The van der Waals surface area contributed by atoms with Crippen LogP contribution in [0.1, 0.15) is 309 Å². The Labute approximate surface area is 560 Å². The van der Waals surface area contributed by atoms with Crippen LogP contribution in [-0.2, 0) is 33.3 Å². The lowest BCUT2D eigenvalue weighted by Gasteiger charge is -2.25. The molecule has 0 amide bonds. The van der Waals surface area contributed by atoms with E-state index in [1.807, 2.05) is 21.1 Å². The molecule has 9 nitrogen and oxygen atoms in total. The van der Waals surface area contributed by atoms with Crippen molar-refractivity contribution in [2.24, 2.45) is 0 Å². The minimum Gasteiger partial charge on any atom is -0.477 e. The molecular formula is C82H140NO8+. The van der Waals surface area contributed by atoms with Gasteiger partial charge >= 0.3 is 17.9 Å². The molecule has 0 bridgehead atoms. The monoisotopic (exact) mass is 1270 g/mol. The van der Waals surface area contributed by atoms with Gasteiger partial charge in [-0.1, -0.05) is 321 Å². The van der Waals surface area contributed by atoms with Gasteiger partial charge in [0.2, 0.25) is 0 Å². The second kappa shape index (κ2) is 71.3. The van der Waals surface area contributed by atoms with Crippen LogP contribution >= 0.6 is 0 Å². The highest BCUT2D eigenvalue weighted by molar-refractivity contribution is 5.71. The molecule has 0 aromatic rings. The summed E-state index contributed by atoms with van der Waals surface area (Å²) in [5.41, 5.74) is 0. The predicted octanol–water partition coefficient (Wildman–Crippen LogP) is 23.7. The number of likely N-dealkylation sites (N-methyl/N-ethyl adjacent to an activating group) is 1. The Balaban J connectivity index is 4.09. The number of unbranched alkanes of at least 4 members (excludes halogenated alkanes) is 31. The lowest BCUT2D eigenvalue weighted by Crippen LogP contribution is -2.40. The summed E-state index contributed by atoms with van der Waals surface area (Å²) < 4.78 is 23.0. The van der Waals surface area contributed by atoms with Crippen LogP contribution in [0.4, 0.5) is 0 Å². The van der Waals surface area contributed by atoms with Gasteiger partial charge in [-0.25, -0.2) is 4.79 Å². The van der Waals surface area contributed by atoms with Crippen molar-refractivity contribution < 1.29 is 42.9 Å². The van der Waals surface area contributed by atoms with Crippen LogP contribution in [0.25, 0.3) is 0 Å². The first-order valence-corrected chi connectivity index (χ1v) is 37.3. The minimum atomic E-state index is -1.52. The Morgan fingerprint density at radius 3 is 0.879 bits per heavy atom. The maximum absolute atomic E-state index is 13.0. The molecule has 2 atom stereocenters. The van der Waals surface area contributed by atoms with Crippen molar-refractivity contribution in [1.29, 1.82) is 0 Å². The molecule has 0 aromatic heterocycles. The molecule has 0 aromatic carbocycles. The highest BCUT2D eigenvalue weighted by Gasteiger charge is 2.25. The van der Waals surface area contributed by atoms with Crippen LogP contribution in [0.5, 0.6) is 0 Å². The van der Waals surface area contributed by atoms with E-state index in [-0.39, 0.29) is 32.2 Å². The Morgan fingerprint density at radius 1 is 0.330 bits per heavy atom. The molecule has 0 spiro atoms. The Kier molecular flexibility index (Phi) is 67.7. The van der Waals surface area contributed by atoms with Gasteiger partial charge in [0.1, 0.15) is 13.2 Å². The first-order valence-electron chi connectivity index (χ1n) is 37.3. The zero-order valence-corrected chi connectivity index (χ0v) is 59.5. The molecule has 9 heteroatoms. The van der Waals surface area contributed by atoms with Crippen molar-refractivity contribution in [2.75, 3.05) is 47.5 Å². The van der Waals surface area contributed by atoms with Gasteiger partial charge in [0.05, 0.1) is 34.4 Å². The van der Waals surface area contributed by atoms with Gasteiger partial charge in [-0.05, 0) is 109 Å². The van der Waals surface area contributed by atoms with E-state index in [1.54, 1.807) is 0 Å². The van der Waals surface area contributed by atoms with Crippen molar-refractivity contribution in [3.05, 3.63) is 134 Å². The lowest BCUT2D eigenvalue weighted by atomic mass is 10.0. The third kappa shape index (κ3) is 72.7.